The molecule has 4 rings (SSSR count). The number of hydrogen-bond donors (Lipinski definition) is 0. The van der Waals surface area contributed by atoms with Gasteiger partial charge in [0.2, 0.25) is 0 Å². The van der Waals surface area contributed by atoms with Gasteiger partial charge in [-0.2, -0.15) is 22.0 Å². The van der Waals surface area contributed by atoms with Crippen LogP contribution in [-0.2, 0) is 14.3 Å². The molecular weight excluding hydrogens is 371 g/mol. The molecule has 0 radical (unpaired) electrons. The highest BCUT2D eigenvalue weighted by molar-refractivity contribution is 5.77. The molecule has 3 nitrogen and oxygen atoms in total. The van der Waals surface area contributed by atoms with Gasteiger partial charge in [0.15, 0.2) is 6.79 Å². The third-order valence-corrected chi connectivity index (χ3v) is 7.53. The molecule has 4 fully saturated rings. The second-order valence-electron chi connectivity index (χ2n) is 8.94. The van der Waals surface area contributed by atoms with Gasteiger partial charge in [-0.3, -0.25) is 4.79 Å². The quantitative estimate of drug-likeness (QED) is 0.345. The molecule has 0 aliphatic heterocycles. The maximum absolute atomic E-state index is 13.9. The molecule has 4 aliphatic rings. The topological polar surface area (TPSA) is 35.5 Å². The van der Waals surface area contributed by atoms with Crippen molar-refractivity contribution in [3.63, 3.8) is 0 Å². The first-order chi connectivity index (χ1) is 12.3. The van der Waals surface area contributed by atoms with Crippen LogP contribution in [0.15, 0.2) is 0 Å². The average Bonchev–Trinajstić information content (AvgIpc) is 2.57. The van der Waals surface area contributed by atoms with E-state index in [-0.39, 0.29) is 0 Å². The summed E-state index contributed by atoms with van der Waals surface area (Å²) in [5, 5.41) is 0. The number of carbonyl (C=O) groups is 1. The van der Waals surface area contributed by atoms with E-state index in [1.165, 1.54) is 6.42 Å². The Hall–Kier alpha value is -0.920. The lowest BCUT2D eigenvalue weighted by Gasteiger charge is -2.59. The van der Waals surface area contributed by atoms with Gasteiger partial charge in [0.1, 0.15) is 5.41 Å². The van der Waals surface area contributed by atoms with Crippen molar-refractivity contribution in [2.45, 2.75) is 77.0 Å². The van der Waals surface area contributed by atoms with Crippen LogP contribution in [0.3, 0.4) is 0 Å². The number of ether oxygens (including phenoxy) is 2. The van der Waals surface area contributed by atoms with Gasteiger partial charge in [-0.1, -0.05) is 6.92 Å². The van der Waals surface area contributed by atoms with E-state index in [0.29, 0.717) is 30.6 Å². The van der Waals surface area contributed by atoms with Crippen LogP contribution in [0.1, 0.15) is 59.3 Å². The maximum atomic E-state index is 13.9. The molecule has 4 bridgehead atoms. The monoisotopic (exact) mass is 398 g/mol. The van der Waals surface area contributed by atoms with Gasteiger partial charge in [0.25, 0.3) is 0 Å². The Kier molecular flexibility index (Phi) is 5.06. The maximum Gasteiger partial charge on any atom is 0.454 e. The summed E-state index contributed by atoms with van der Waals surface area (Å²) in [6, 6.07) is 0. The summed E-state index contributed by atoms with van der Waals surface area (Å²) in [4.78, 5) is 12.2. The van der Waals surface area contributed by atoms with Crippen LogP contribution >= 0.6 is 0 Å². The molecular formula is C19H27F5O3. The highest BCUT2D eigenvalue weighted by Crippen LogP contribution is 2.59. The van der Waals surface area contributed by atoms with E-state index in [9.17, 15) is 26.7 Å². The normalized spacial score (nSPS) is 37.9. The van der Waals surface area contributed by atoms with E-state index < -0.39 is 42.3 Å². The highest BCUT2D eigenvalue weighted by atomic mass is 19.4. The molecule has 156 valence electrons. The number of carbonyl (C=O) groups excluding carboxylic acids is 1. The minimum absolute atomic E-state index is 0.321. The Morgan fingerprint density at radius 2 is 1.48 bits per heavy atom. The van der Waals surface area contributed by atoms with Crippen LogP contribution in [0, 0.1) is 29.1 Å². The fraction of sp³-hybridized carbons (Fsp3) is 0.947. The van der Waals surface area contributed by atoms with Gasteiger partial charge >= 0.3 is 18.1 Å². The van der Waals surface area contributed by atoms with E-state index >= 15 is 0 Å². The average molecular weight is 398 g/mol. The zero-order valence-electron chi connectivity index (χ0n) is 15.9. The summed E-state index contributed by atoms with van der Waals surface area (Å²) in [6.07, 6.45) is -1.13. The molecule has 0 aromatic heterocycles. The second kappa shape index (κ2) is 6.56. The Morgan fingerprint density at radius 3 is 1.89 bits per heavy atom. The van der Waals surface area contributed by atoms with Crippen molar-refractivity contribution in [2.75, 3.05) is 6.79 Å². The summed E-state index contributed by atoms with van der Waals surface area (Å²) >= 11 is 0. The van der Waals surface area contributed by atoms with Crippen LogP contribution in [0.4, 0.5) is 22.0 Å². The van der Waals surface area contributed by atoms with Crippen LogP contribution in [-0.4, -0.2) is 30.5 Å². The van der Waals surface area contributed by atoms with Crippen LogP contribution < -0.4 is 0 Å². The lowest BCUT2D eigenvalue weighted by atomic mass is 9.50. The third-order valence-electron chi connectivity index (χ3n) is 7.53. The molecule has 4 saturated carbocycles. The fourth-order valence-electron chi connectivity index (χ4n) is 5.53. The van der Waals surface area contributed by atoms with Crippen molar-refractivity contribution in [3.8, 4) is 0 Å². The summed E-state index contributed by atoms with van der Waals surface area (Å²) in [5.74, 6) is -4.73. The zero-order valence-corrected chi connectivity index (χ0v) is 15.9. The molecule has 0 aromatic rings. The first kappa shape index (κ1) is 20.8. The Labute approximate surface area is 156 Å². The van der Waals surface area contributed by atoms with Crippen molar-refractivity contribution in [1.82, 2.24) is 0 Å². The van der Waals surface area contributed by atoms with Crippen molar-refractivity contribution in [3.05, 3.63) is 0 Å². The molecule has 0 spiro atoms. The summed E-state index contributed by atoms with van der Waals surface area (Å²) < 4.78 is 76.6. The number of halogens is 5. The molecule has 1 unspecified atom stereocenters. The molecule has 1 atom stereocenters. The minimum Gasteiger partial charge on any atom is -0.438 e. The zero-order chi connectivity index (χ0) is 20.3. The molecule has 27 heavy (non-hydrogen) atoms. The van der Waals surface area contributed by atoms with E-state index in [1.807, 2.05) is 6.92 Å². The molecule has 0 aromatic carbocycles. The lowest BCUT2D eigenvalue weighted by molar-refractivity contribution is -0.323. The molecule has 0 saturated heterocycles. The van der Waals surface area contributed by atoms with E-state index in [1.54, 1.807) is 0 Å². The minimum atomic E-state index is -5.83. The second-order valence-corrected chi connectivity index (χ2v) is 8.94. The highest BCUT2D eigenvalue weighted by Gasteiger charge is 2.71. The lowest BCUT2D eigenvalue weighted by Crippen LogP contribution is -2.58. The first-order valence-corrected chi connectivity index (χ1v) is 9.61. The van der Waals surface area contributed by atoms with Gasteiger partial charge in [-0.25, -0.2) is 0 Å². The summed E-state index contributed by atoms with van der Waals surface area (Å²) in [7, 11) is 0. The number of rotatable bonds is 6. The predicted octanol–water partition coefficient (Wildman–Crippen LogP) is 5.33. The largest absolute Gasteiger partial charge is 0.454 e. The SMILES string of the molecule is CCC(C)(C(=O)OCOC1(C)C2CC3CC(C2)CC1C3)C(F)(F)C(F)(F)F. The van der Waals surface area contributed by atoms with Gasteiger partial charge in [-0.15, -0.1) is 0 Å². The number of esters is 1. The molecule has 0 amide bonds. The van der Waals surface area contributed by atoms with Crippen LogP contribution in [0.5, 0.6) is 0 Å². The van der Waals surface area contributed by atoms with Crippen molar-refractivity contribution in [2.24, 2.45) is 29.1 Å². The van der Waals surface area contributed by atoms with Crippen LogP contribution in [0.25, 0.3) is 0 Å². The van der Waals surface area contributed by atoms with Crippen LogP contribution in [0.2, 0.25) is 0 Å². The number of alkyl halides is 5. The van der Waals surface area contributed by atoms with Gasteiger partial charge < -0.3 is 9.47 Å². The van der Waals surface area contributed by atoms with Gasteiger partial charge in [0, 0.05) is 0 Å². The number of hydrogen-bond acceptors (Lipinski definition) is 3. The molecule has 0 N–H and O–H groups in total. The third kappa shape index (κ3) is 3.15. The fourth-order valence-corrected chi connectivity index (χ4v) is 5.53. The Balaban J connectivity index is 1.64. The molecule has 0 heterocycles. The summed E-state index contributed by atoms with van der Waals surface area (Å²) in [5.41, 5.74) is -3.50. The smallest absolute Gasteiger partial charge is 0.438 e. The van der Waals surface area contributed by atoms with E-state index in [4.69, 9.17) is 9.47 Å². The van der Waals surface area contributed by atoms with Crippen molar-refractivity contribution >= 4 is 5.97 Å². The molecule has 4 aliphatic carbocycles. The Bertz CT molecular complexity index is 560. The van der Waals surface area contributed by atoms with E-state index in [2.05, 4.69) is 0 Å². The predicted molar refractivity (Wildman–Crippen MR) is 86.9 cm³/mol. The Morgan fingerprint density at radius 1 is 1.00 bits per heavy atom. The summed E-state index contributed by atoms with van der Waals surface area (Å²) in [6.45, 7) is 3.06. The standard InChI is InChI=1S/C19H27F5O3/c1-4-16(2,18(20,21)19(22,23)24)15(25)26-10-27-17(3)13-6-11-5-12(8-13)9-14(17)7-11/h11-14H,4-10H2,1-3H3. The van der Waals surface area contributed by atoms with Crippen molar-refractivity contribution in [1.29, 1.82) is 0 Å². The molecule has 8 heteroatoms. The van der Waals surface area contributed by atoms with Gasteiger partial charge in [-0.05, 0) is 76.0 Å². The van der Waals surface area contributed by atoms with E-state index in [0.717, 1.165) is 32.6 Å². The van der Waals surface area contributed by atoms with Gasteiger partial charge in [0.05, 0.1) is 5.60 Å². The van der Waals surface area contributed by atoms with Crippen molar-refractivity contribution < 1.29 is 36.2 Å². The first-order valence-electron chi connectivity index (χ1n) is 9.61.